The average molecular weight is 218 g/mol. The third-order valence-corrected chi connectivity index (χ3v) is 0. The summed E-state index contributed by atoms with van der Waals surface area (Å²) in [6.07, 6.45) is 0. The van der Waals surface area contributed by atoms with Crippen LogP contribution in [0, 0.1) is 0 Å². The van der Waals surface area contributed by atoms with Gasteiger partial charge in [-0.2, -0.15) is 10.3 Å². The second-order valence-corrected chi connectivity index (χ2v) is 0.548. The number of isothiocyanates is 2. The molecule has 0 bridgehead atoms. The maximum Gasteiger partial charge on any atom is 2.00 e. The van der Waals surface area contributed by atoms with Crippen molar-refractivity contribution in [3.8, 4) is 0 Å². The van der Waals surface area contributed by atoms with Crippen LogP contribution in [0.5, 0.6) is 0 Å². The number of nitrogens with zero attached hydrogens (tertiary/aromatic N) is 2. The third-order valence-electron chi connectivity index (χ3n) is 0. The van der Waals surface area contributed by atoms with Crippen LogP contribution >= 0.6 is 24.4 Å². The van der Waals surface area contributed by atoms with Gasteiger partial charge < -0.3 is 21.8 Å². The van der Waals surface area contributed by atoms with Crippen molar-refractivity contribution in [3.05, 3.63) is 10.8 Å². The number of hydrogen-bond donors (Lipinski definition) is 0. The maximum atomic E-state index is 7.13. The van der Waals surface area contributed by atoms with Crippen LogP contribution in [-0.4, -0.2) is 10.3 Å². The van der Waals surface area contributed by atoms with Gasteiger partial charge in [-0.05, 0) is 0 Å². The molecule has 1 radical (unpaired) electrons. The van der Waals surface area contributed by atoms with Crippen LogP contribution < -0.4 is 0 Å². The Morgan fingerprint density at radius 3 is 0.889 bits per heavy atom. The zero-order valence-electron chi connectivity index (χ0n) is 4.17. The molecule has 0 aromatic heterocycles. The van der Waals surface area contributed by atoms with Gasteiger partial charge in [-0.3, -0.25) is 0 Å². The summed E-state index contributed by atoms with van der Waals surface area (Å²) < 4.78 is 0. The van der Waals surface area contributed by atoms with Crippen LogP contribution in [0.15, 0.2) is 0 Å². The molecular formula is C2H6CuN2O2S2+2. The molecule has 0 rings (SSSR count). The zero-order valence-corrected chi connectivity index (χ0v) is 6.74. The van der Waals surface area contributed by atoms with Gasteiger partial charge in [-0.15, -0.1) is 0 Å². The molecule has 0 aliphatic heterocycles. The van der Waals surface area contributed by atoms with E-state index >= 15 is 0 Å². The number of rotatable bonds is 0. The molecule has 0 spiro atoms. The van der Waals surface area contributed by atoms with E-state index in [2.05, 4.69) is 24.4 Å². The normalized spacial score (nSPS) is 1.78. The molecule has 57 valence electrons. The topological polar surface area (TPSA) is 111 Å². The van der Waals surface area contributed by atoms with E-state index < -0.39 is 0 Å². The van der Waals surface area contributed by atoms with Gasteiger partial charge in [0, 0.05) is 0 Å². The molecule has 0 aliphatic rings. The van der Waals surface area contributed by atoms with Gasteiger partial charge in [0.1, 0.15) is 0 Å². The molecule has 0 heterocycles. The quantitative estimate of drug-likeness (QED) is 0.235. The van der Waals surface area contributed by atoms with Crippen molar-refractivity contribution < 1.29 is 28.0 Å². The summed E-state index contributed by atoms with van der Waals surface area (Å²) in [5.74, 6) is 0. The van der Waals surface area contributed by atoms with Crippen molar-refractivity contribution in [3.63, 3.8) is 0 Å². The van der Waals surface area contributed by atoms with E-state index in [0.717, 1.165) is 0 Å². The van der Waals surface area contributed by atoms with Gasteiger partial charge in [0.15, 0.2) is 0 Å². The largest absolute Gasteiger partial charge is 2.00 e. The van der Waals surface area contributed by atoms with Gasteiger partial charge >= 0.3 is 17.1 Å². The van der Waals surface area contributed by atoms with Crippen molar-refractivity contribution in [2.45, 2.75) is 0 Å². The first-order valence-electron chi connectivity index (χ1n) is 0.855. The van der Waals surface area contributed by atoms with Gasteiger partial charge in [0.05, 0.1) is 0 Å². The molecule has 9 heavy (non-hydrogen) atoms. The van der Waals surface area contributed by atoms with Crippen molar-refractivity contribution in [2.24, 2.45) is 0 Å². The second-order valence-electron chi connectivity index (χ2n) is 0.183. The number of hydrogen-bond acceptors (Lipinski definition) is 2. The summed E-state index contributed by atoms with van der Waals surface area (Å²) in [7, 11) is 0. The van der Waals surface area contributed by atoms with Crippen molar-refractivity contribution >= 4 is 34.8 Å². The van der Waals surface area contributed by atoms with Crippen LogP contribution in [0.2, 0.25) is 0 Å². The second kappa shape index (κ2) is 95.8. The fourth-order valence-electron chi connectivity index (χ4n) is 0. The molecule has 0 aromatic carbocycles. The molecule has 4 nitrogen and oxygen atoms in total. The van der Waals surface area contributed by atoms with Crippen LogP contribution in [-0.2, 0) is 28.0 Å². The fourth-order valence-corrected chi connectivity index (χ4v) is 0. The maximum absolute atomic E-state index is 7.13. The number of thiocarbonyl (C=S) groups is 2. The standard InChI is InChI=1S/2CNS.Cu.2H2O/c2*2-1-3;;;/h;;;2*1H2/q2*-1;+2;;/p+2. The minimum absolute atomic E-state index is 0. The Balaban J connectivity index is -0.00000000889. The minimum Gasteiger partial charge on any atom is -0.753 e. The van der Waals surface area contributed by atoms with Gasteiger partial charge in [0.25, 0.3) is 0 Å². The first-order chi connectivity index (χ1) is 2.83. The molecule has 0 saturated carbocycles. The van der Waals surface area contributed by atoms with E-state index in [-0.39, 0.29) is 28.0 Å². The molecule has 0 aromatic rings. The summed E-state index contributed by atoms with van der Waals surface area (Å²) in [5.41, 5.74) is 0. The van der Waals surface area contributed by atoms with Crippen molar-refractivity contribution in [1.82, 2.24) is 0 Å². The SMILES string of the molecule is [Cu+2].[N-]=C=S.[N-]=C=S.[OH3+].[OH3+]. The Morgan fingerprint density at radius 1 is 0.889 bits per heavy atom. The predicted molar refractivity (Wildman–Crippen MR) is 41.7 cm³/mol. The van der Waals surface area contributed by atoms with E-state index in [1.807, 2.05) is 0 Å². The predicted octanol–water partition coefficient (Wildman–Crippen LogP) is -0.529. The zero-order chi connectivity index (χ0) is 5.41. The van der Waals surface area contributed by atoms with Crippen LogP contribution in [0.3, 0.4) is 0 Å². The summed E-state index contributed by atoms with van der Waals surface area (Å²) in [4.78, 5) is 0. The Morgan fingerprint density at radius 2 is 0.889 bits per heavy atom. The Hall–Kier alpha value is 0.0395. The molecular weight excluding hydrogens is 212 g/mol. The van der Waals surface area contributed by atoms with Crippen LogP contribution in [0.25, 0.3) is 10.8 Å². The van der Waals surface area contributed by atoms with E-state index in [4.69, 9.17) is 10.8 Å². The molecule has 7 heteroatoms. The third kappa shape index (κ3) is 188000. The molecule has 0 unspecified atom stereocenters. The molecule has 0 fully saturated rings. The van der Waals surface area contributed by atoms with Crippen molar-refractivity contribution in [2.75, 3.05) is 0 Å². The Bertz CT molecular complexity index is 74.6. The van der Waals surface area contributed by atoms with E-state index in [1.165, 1.54) is 10.3 Å². The minimum atomic E-state index is 0. The molecule has 0 saturated heterocycles. The van der Waals surface area contributed by atoms with Crippen LogP contribution in [0.4, 0.5) is 0 Å². The summed E-state index contributed by atoms with van der Waals surface area (Å²) in [6, 6.07) is 0. The summed E-state index contributed by atoms with van der Waals surface area (Å²) >= 11 is 7.40. The van der Waals surface area contributed by atoms with E-state index in [1.54, 1.807) is 0 Å². The molecule has 0 amide bonds. The Labute approximate surface area is 73.8 Å². The van der Waals surface area contributed by atoms with Gasteiger partial charge in [0.2, 0.25) is 0 Å². The van der Waals surface area contributed by atoms with E-state index in [0.29, 0.717) is 0 Å². The monoisotopic (exact) mass is 217 g/mol. The first-order valence-corrected chi connectivity index (χ1v) is 1.67. The fraction of sp³-hybridized carbons (Fsp3) is 0. The van der Waals surface area contributed by atoms with Crippen molar-refractivity contribution in [1.29, 1.82) is 0 Å². The molecule has 0 aliphatic carbocycles. The Kier molecular flexibility index (Phi) is 381. The first kappa shape index (κ1) is 35.8. The average Bonchev–Trinajstić information content (AvgIpc) is 1.39. The van der Waals surface area contributed by atoms with E-state index in [9.17, 15) is 0 Å². The van der Waals surface area contributed by atoms with Gasteiger partial charge in [-0.25, -0.2) is 0 Å². The van der Waals surface area contributed by atoms with Crippen LogP contribution in [0.1, 0.15) is 0 Å². The smallest absolute Gasteiger partial charge is 0.753 e. The summed E-state index contributed by atoms with van der Waals surface area (Å²) in [6.45, 7) is 0. The molecule has 6 N–H and O–H groups in total. The summed E-state index contributed by atoms with van der Waals surface area (Å²) in [5, 5.41) is 16.9. The van der Waals surface area contributed by atoms with Gasteiger partial charge in [-0.1, -0.05) is 24.4 Å². The molecule has 0 atom stereocenters.